The van der Waals surface area contributed by atoms with Gasteiger partial charge in [-0.15, -0.1) is 0 Å². The van der Waals surface area contributed by atoms with E-state index in [1.165, 1.54) is 18.6 Å². The number of rotatable bonds is 8. The van der Waals surface area contributed by atoms with Gasteiger partial charge >= 0.3 is 0 Å². The first-order valence-corrected chi connectivity index (χ1v) is 7.91. The molecule has 5 heteroatoms. The van der Waals surface area contributed by atoms with Crippen molar-refractivity contribution in [2.45, 2.75) is 51.2 Å². The van der Waals surface area contributed by atoms with E-state index in [1.54, 1.807) is 0 Å². The van der Waals surface area contributed by atoms with Crippen LogP contribution in [0.25, 0.3) is 0 Å². The maximum Gasteiger partial charge on any atom is 0.144 e. The number of nitrogens with one attached hydrogen (secondary N) is 1. The lowest BCUT2D eigenvalue weighted by Crippen LogP contribution is -2.32. The molecule has 0 aromatic rings. The van der Waals surface area contributed by atoms with Crippen molar-refractivity contribution in [3.05, 3.63) is 0 Å². The monoisotopic (exact) mass is 273 g/mol. The average Bonchev–Trinajstić information content (AvgIpc) is 2.85. The van der Waals surface area contributed by atoms with Crippen molar-refractivity contribution in [3.8, 4) is 0 Å². The normalized spacial score (nSPS) is 21.4. The van der Waals surface area contributed by atoms with E-state index in [0.717, 1.165) is 37.6 Å². The lowest BCUT2D eigenvalue weighted by atomic mass is 9.86. The maximum absolute atomic E-state index is 8.68. The molecule has 0 amide bonds. The number of amidine groups is 1. The minimum atomic E-state index is -0.198. The molecule has 4 nitrogen and oxygen atoms in total. The van der Waals surface area contributed by atoms with Gasteiger partial charge in [0.2, 0.25) is 0 Å². The summed E-state index contributed by atoms with van der Waals surface area (Å²) in [6, 6.07) is 0. The van der Waals surface area contributed by atoms with Crippen molar-refractivity contribution in [2.75, 3.05) is 18.8 Å². The summed E-state index contributed by atoms with van der Waals surface area (Å²) in [5.74, 6) is 1.66. The topological polar surface area (TPSA) is 70.6 Å². The number of oxime groups is 1. The van der Waals surface area contributed by atoms with E-state index in [2.05, 4.69) is 22.2 Å². The zero-order valence-electron chi connectivity index (χ0n) is 11.6. The van der Waals surface area contributed by atoms with Crippen LogP contribution in [-0.4, -0.2) is 35.1 Å². The molecule has 1 rings (SSSR count). The van der Waals surface area contributed by atoms with Crippen LogP contribution in [0.15, 0.2) is 5.16 Å². The molecule has 0 aromatic heterocycles. The van der Waals surface area contributed by atoms with E-state index >= 15 is 0 Å². The van der Waals surface area contributed by atoms with Crippen LogP contribution in [0.4, 0.5) is 0 Å². The first-order valence-electron chi connectivity index (χ1n) is 6.86. The minimum Gasteiger partial charge on any atom is -0.409 e. The Morgan fingerprint density at radius 2 is 2.28 bits per heavy atom. The Morgan fingerprint density at radius 1 is 1.50 bits per heavy atom. The van der Waals surface area contributed by atoms with E-state index in [0.29, 0.717) is 5.84 Å². The van der Waals surface area contributed by atoms with Crippen LogP contribution in [-0.2, 0) is 0 Å². The molecule has 0 aliphatic carbocycles. The fraction of sp³-hybridized carbons (Fsp3) is 0.923. The summed E-state index contributed by atoms with van der Waals surface area (Å²) in [7, 11) is 0. The fourth-order valence-corrected chi connectivity index (χ4v) is 3.38. The lowest BCUT2D eigenvalue weighted by molar-refractivity contribution is 0.304. The molecular formula is C13H27N3OS. The SMILES string of the molecule is CC(C)(CCCCNCC1CCCS1)C(N)=NO. The van der Waals surface area contributed by atoms with E-state index in [1.807, 2.05) is 13.8 Å². The third-order valence-electron chi connectivity index (χ3n) is 3.60. The standard InChI is InChI=1S/C13H27N3OS/c1-13(2,12(14)16-17)7-3-4-8-15-10-11-6-5-9-18-11/h11,15,17H,3-10H2,1-2H3,(H2,14,16). The third kappa shape index (κ3) is 5.48. The van der Waals surface area contributed by atoms with Gasteiger partial charge in [0.05, 0.1) is 0 Å². The summed E-state index contributed by atoms with van der Waals surface area (Å²) in [5.41, 5.74) is 5.46. The zero-order chi connectivity index (χ0) is 13.4. The molecule has 4 N–H and O–H groups in total. The van der Waals surface area contributed by atoms with Crippen LogP contribution >= 0.6 is 11.8 Å². The highest BCUT2D eigenvalue weighted by Crippen LogP contribution is 2.25. The summed E-state index contributed by atoms with van der Waals surface area (Å²) < 4.78 is 0. The van der Waals surface area contributed by atoms with Crippen molar-refractivity contribution in [2.24, 2.45) is 16.3 Å². The predicted molar refractivity (Wildman–Crippen MR) is 79.4 cm³/mol. The van der Waals surface area contributed by atoms with Crippen LogP contribution in [0.3, 0.4) is 0 Å². The van der Waals surface area contributed by atoms with Crippen molar-refractivity contribution < 1.29 is 5.21 Å². The summed E-state index contributed by atoms with van der Waals surface area (Å²) in [6.45, 7) is 6.26. The number of hydrogen-bond acceptors (Lipinski definition) is 4. The first-order chi connectivity index (χ1) is 8.56. The largest absolute Gasteiger partial charge is 0.409 e. The fourth-order valence-electron chi connectivity index (χ4n) is 2.15. The Balaban J connectivity index is 2.01. The lowest BCUT2D eigenvalue weighted by Gasteiger charge is -2.22. The smallest absolute Gasteiger partial charge is 0.144 e. The molecule has 1 heterocycles. The molecule has 18 heavy (non-hydrogen) atoms. The molecule has 1 aliphatic rings. The van der Waals surface area contributed by atoms with Crippen LogP contribution in [0, 0.1) is 5.41 Å². The van der Waals surface area contributed by atoms with Crippen LogP contribution in [0.1, 0.15) is 46.0 Å². The van der Waals surface area contributed by atoms with E-state index in [4.69, 9.17) is 10.9 Å². The van der Waals surface area contributed by atoms with Gasteiger partial charge in [0.15, 0.2) is 0 Å². The van der Waals surface area contributed by atoms with Gasteiger partial charge in [-0.05, 0) is 38.0 Å². The van der Waals surface area contributed by atoms with Crippen molar-refractivity contribution in [1.82, 2.24) is 5.32 Å². The quantitative estimate of drug-likeness (QED) is 0.209. The Labute approximate surface area is 115 Å². The predicted octanol–water partition coefficient (Wildman–Crippen LogP) is 2.41. The number of thioether (sulfide) groups is 1. The molecule has 1 aliphatic heterocycles. The Morgan fingerprint density at radius 3 is 2.89 bits per heavy atom. The molecule has 1 fully saturated rings. The molecule has 0 saturated carbocycles. The van der Waals surface area contributed by atoms with Gasteiger partial charge in [0.1, 0.15) is 5.84 Å². The Bertz CT molecular complexity index is 263. The number of nitrogens with zero attached hydrogens (tertiary/aromatic N) is 1. The summed E-state index contributed by atoms with van der Waals surface area (Å²) >= 11 is 2.09. The minimum absolute atomic E-state index is 0.198. The van der Waals surface area contributed by atoms with Gasteiger partial charge in [0, 0.05) is 17.2 Å². The van der Waals surface area contributed by atoms with Crippen LogP contribution < -0.4 is 11.1 Å². The van der Waals surface area contributed by atoms with Crippen molar-refractivity contribution >= 4 is 17.6 Å². The molecule has 106 valence electrons. The van der Waals surface area contributed by atoms with E-state index in [9.17, 15) is 0 Å². The second-order valence-electron chi connectivity index (χ2n) is 5.67. The van der Waals surface area contributed by atoms with Crippen LogP contribution in [0.2, 0.25) is 0 Å². The first kappa shape index (κ1) is 15.6. The van der Waals surface area contributed by atoms with E-state index < -0.39 is 0 Å². The Hall–Kier alpha value is -0.420. The molecule has 1 saturated heterocycles. The number of hydrogen-bond donors (Lipinski definition) is 3. The highest BCUT2D eigenvalue weighted by atomic mass is 32.2. The van der Waals surface area contributed by atoms with Gasteiger partial charge in [0.25, 0.3) is 0 Å². The van der Waals surface area contributed by atoms with Gasteiger partial charge in [-0.3, -0.25) is 0 Å². The summed E-state index contributed by atoms with van der Waals surface area (Å²) in [6.07, 6.45) is 5.97. The molecule has 1 unspecified atom stereocenters. The van der Waals surface area contributed by atoms with Gasteiger partial charge in [-0.25, -0.2) is 0 Å². The average molecular weight is 273 g/mol. The second-order valence-corrected chi connectivity index (χ2v) is 7.07. The molecule has 0 radical (unpaired) electrons. The highest BCUT2D eigenvalue weighted by Gasteiger charge is 2.22. The van der Waals surface area contributed by atoms with Gasteiger partial charge < -0.3 is 16.3 Å². The molecule has 0 spiro atoms. The van der Waals surface area contributed by atoms with Gasteiger partial charge in [-0.2, -0.15) is 11.8 Å². The molecule has 0 bridgehead atoms. The van der Waals surface area contributed by atoms with Crippen molar-refractivity contribution in [1.29, 1.82) is 0 Å². The number of nitrogens with two attached hydrogens (primary N) is 1. The molecule has 0 aromatic carbocycles. The summed E-state index contributed by atoms with van der Waals surface area (Å²) in [4.78, 5) is 0. The molecular weight excluding hydrogens is 246 g/mol. The van der Waals surface area contributed by atoms with Crippen molar-refractivity contribution in [3.63, 3.8) is 0 Å². The Kier molecular flexibility index (Phi) is 6.86. The van der Waals surface area contributed by atoms with Gasteiger partial charge in [-0.1, -0.05) is 25.4 Å². The maximum atomic E-state index is 8.68. The third-order valence-corrected chi connectivity index (χ3v) is 5.00. The van der Waals surface area contributed by atoms with E-state index in [-0.39, 0.29) is 5.41 Å². The second kappa shape index (κ2) is 7.89. The number of unbranched alkanes of at least 4 members (excludes halogenated alkanes) is 1. The zero-order valence-corrected chi connectivity index (χ0v) is 12.4. The highest BCUT2D eigenvalue weighted by molar-refractivity contribution is 8.00. The molecule has 1 atom stereocenters. The van der Waals surface area contributed by atoms with Crippen LogP contribution in [0.5, 0.6) is 0 Å². The summed E-state index contributed by atoms with van der Waals surface area (Å²) in [5, 5.41) is 16.1.